The van der Waals surface area contributed by atoms with Crippen molar-refractivity contribution in [2.45, 2.75) is 0 Å². The Bertz CT molecular complexity index is 3810. The molecule has 13 aromatic rings. The average Bonchev–Trinajstić information content (AvgIpc) is 3.78. The summed E-state index contributed by atoms with van der Waals surface area (Å²) in [5, 5.41) is 12.5. The molecule has 3 heterocycles. The summed E-state index contributed by atoms with van der Waals surface area (Å²) in [6.07, 6.45) is 7.58. The number of fused-ring (bicyclic) bond motifs is 7. The predicted molar refractivity (Wildman–Crippen MR) is 278 cm³/mol. The van der Waals surface area contributed by atoms with Crippen LogP contribution < -0.4 is 0 Å². The van der Waals surface area contributed by atoms with E-state index in [0.29, 0.717) is 0 Å². The van der Waals surface area contributed by atoms with Gasteiger partial charge in [-0.25, -0.2) is 0 Å². The summed E-state index contributed by atoms with van der Waals surface area (Å²) in [6, 6.07) is 76.0. The summed E-state index contributed by atoms with van der Waals surface area (Å²) < 4.78 is 2.56. The fraction of sp³-hybridized carbons (Fsp3) is 0. The number of nitrogens with zero attached hydrogens (tertiary/aromatic N) is 2. The molecule has 10 aromatic carbocycles. The molecule has 0 saturated carbocycles. The van der Waals surface area contributed by atoms with Crippen molar-refractivity contribution in [2.75, 3.05) is 0 Å². The maximum Gasteiger partial charge on any atom is 0.0361 e. The van der Waals surface area contributed by atoms with Crippen LogP contribution in [0, 0.1) is 0 Å². The summed E-state index contributed by atoms with van der Waals surface area (Å²) in [7, 11) is 0. The van der Waals surface area contributed by atoms with Gasteiger partial charge >= 0.3 is 0 Å². The van der Waals surface area contributed by atoms with E-state index in [-0.39, 0.29) is 0 Å². The third kappa shape index (κ3) is 6.01. The number of rotatable bonds is 6. The van der Waals surface area contributed by atoms with Crippen molar-refractivity contribution >= 4 is 74.6 Å². The van der Waals surface area contributed by atoms with Crippen LogP contribution in [0.2, 0.25) is 0 Å². The van der Waals surface area contributed by atoms with Crippen molar-refractivity contribution in [1.29, 1.82) is 0 Å². The lowest BCUT2D eigenvalue weighted by molar-refractivity contribution is 1.32. The molecule has 0 radical (unpaired) electrons. The molecule has 0 saturated heterocycles. The number of benzene rings is 10. The van der Waals surface area contributed by atoms with Gasteiger partial charge in [-0.2, -0.15) is 0 Å². The molecule has 0 atom stereocenters. The third-order valence-corrected chi connectivity index (χ3v) is 14.3. The number of hydrogen-bond donors (Lipinski definition) is 0. The minimum absolute atomic E-state index is 1.08. The van der Waals surface area contributed by atoms with E-state index in [9.17, 15) is 0 Å². The predicted octanol–water partition coefficient (Wildman–Crippen LogP) is 17.5. The quantitative estimate of drug-likeness (QED) is 0.156. The first kappa shape index (κ1) is 37.3. The first-order chi connectivity index (χ1) is 32.3. The lowest BCUT2D eigenvalue weighted by Gasteiger charge is -2.20. The minimum Gasteiger partial charge on any atom is -0.264 e. The number of pyridine rings is 2. The summed E-state index contributed by atoms with van der Waals surface area (Å²) >= 11 is 1.89. The highest BCUT2D eigenvalue weighted by molar-refractivity contribution is 7.26. The highest BCUT2D eigenvalue weighted by Gasteiger charge is 2.24. The molecule has 0 N–H and O–H groups in total. The van der Waals surface area contributed by atoms with Crippen molar-refractivity contribution in [3.63, 3.8) is 0 Å². The van der Waals surface area contributed by atoms with E-state index in [0.717, 1.165) is 27.8 Å². The lowest BCUT2D eigenvalue weighted by atomic mass is 9.82. The highest BCUT2D eigenvalue weighted by atomic mass is 32.1. The Hall–Kier alpha value is -8.24. The van der Waals surface area contributed by atoms with E-state index >= 15 is 0 Å². The van der Waals surface area contributed by atoms with Crippen LogP contribution in [0.3, 0.4) is 0 Å². The van der Waals surface area contributed by atoms with Gasteiger partial charge in [-0.15, -0.1) is 11.3 Å². The van der Waals surface area contributed by atoms with Gasteiger partial charge in [-0.1, -0.05) is 164 Å². The van der Waals surface area contributed by atoms with Crippen LogP contribution in [-0.2, 0) is 0 Å². The second-order valence-electron chi connectivity index (χ2n) is 16.8. The third-order valence-electron chi connectivity index (χ3n) is 13.2. The van der Waals surface area contributed by atoms with Crippen LogP contribution >= 0.6 is 11.3 Å². The molecule has 0 aliphatic heterocycles. The maximum absolute atomic E-state index is 4.51. The molecule has 2 nitrogen and oxygen atoms in total. The Balaban J connectivity index is 1.12. The van der Waals surface area contributed by atoms with Gasteiger partial charge in [0.25, 0.3) is 0 Å². The summed E-state index contributed by atoms with van der Waals surface area (Å²) in [5.41, 5.74) is 14.3. The van der Waals surface area contributed by atoms with E-state index in [2.05, 4.69) is 204 Å². The molecule has 0 fully saturated rings. The van der Waals surface area contributed by atoms with Crippen molar-refractivity contribution in [3.8, 4) is 66.8 Å². The molecule has 13 rings (SSSR count). The topological polar surface area (TPSA) is 25.8 Å². The van der Waals surface area contributed by atoms with Gasteiger partial charge in [0.15, 0.2) is 0 Å². The minimum atomic E-state index is 1.08. The van der Waals surface area contributed by atoms with Gasteiger partial charge in [0.1, 0.15) is 0 Å². The molecule has 3 heteroatoms. The van der Waals surface area contributed by atoms with Crippen LogP contribution in [0.4, 0.5) is 0 Å². The number of aromatic nitrogens is 2. The summed E-state index contributed by atoms with van der Waals surface area (Å²) in [5.74, 6) is 0. The van der Waals surface area contributed by atoms with E-state index in [4.69, 9.17) is 0 Å². The standard InChI is InChI=1S/C62H38N2S/c1-2-16-39(17-3-1)57-45-20-4-8-24-49(45)59(50-25-9-5-21-46(50)57)53-28-12-30-55-61(53)62-54(29-13-31-56(62)65-55)60-51-26-10-6-22-47(51)58(48-23-7-11-27-52(48)60)44-35-42(40-18-14-32-63-37-40)34-43(36-44)41-19-15-33-64-38-41/h1-38H. The largest absolute Gasteiger partial charge is 0.264 e. The molecule has 65 heavy (non-hydrogen) atoms. The van der Waals surface area contributed by atoms with E-state index in [1.807, 2.05) is 48.3 Å². The Morgan fingerprint density at radius 1 is 0.262 bits per heavy atom. The molecule has 302 valence electrons. The Labute approximate surface area is 380 Å². The first-order valence-electron chi connectivity index (χ1n) is 22.1. The second kappa shape index (κ2) is 15.2. The normalized spacial score (nSPS) is 11.7. The Morgan fingerprint density at radius 2 is 0.615 bits per heavy atom. The van der Waals surface area contributed by atoms with Crippen LogP contribution in [0.25, 0.3) is 130 Å². The Morgan fingerprint density at radius 3 is 1.02 bits per heavy atom. The van der Waals surface area contributed by atoms with Gasteiger partial charge in [0, 0.05) is 56.1 Å². The first-order valence-corrected chi connectivity index (χ1v) is 22.9. The second-order valence-corrected chi connectivity index (χ2v) is 17.9. The van der Waals surface area contributed by atoms with E-state index in [1.165, 1.54) is 102 Å². The zero-order valence-electron chi connectivity index (χ0n) is 35.2. The lowest BCUT2D eigenvalue weighted by Crippen LogP contribution is -1.93. The van der Waals surface area contributed by atoms with Crippen LogP contribution in [0.5, 0.6) is 0 Å². The number of hydrogen-bond acceptors (Lipinski definition) is 3. The van der Waals surface area contributed by atoms with Crippen LogP contribution in [0.15, 0.2) is 231 Å². The molecule has 0 aliphatic carbocycles. The SMILES string of the molecule is c1ccc(-c2c3ccccc3c(-c3cccc4sc5cccc(-c6c7ccccc7c(-c7cc(-c8cccnc8)cc(-c8cccnc8)c7)c7ccccc67)c5c34)c3ccccc23)cc1. The summed E-state index contributed by atoms with van der Waals surface area (Å²) in [6.45, 7) is 0. The van der Waals surface area contributed by atoms with Gasteiger partial charge in [-0.05, 0) is 141 Å². The molecule has 0 spiro atoms. The van der Waals surface area contributed by atoms with Gasteiger partial charge in [-0.3, -0.25) is 9.97 Å². The molecular formula is C62H38N2S. The summed E-state index contributed by atoms with van der Waals surface area (Å²) in [4.78, 5) is 9.03. The van der Waals surface area contributed by atoms with Crippen LogP contribution in [0.1, 0.15) is 0 Å². The van der Waals surface area contributed by atoms with Gasteiger partial charge < -0.3 is 0 Å². The molecular weight excluding hydrogens is 805 g/mol. The van der Waals surface area contributed by atoms with Crippen molar-refractivity contribution in [3.05, 3.63) is 231 Å². The Kier molecular flexibility index (Phi) is 8.75. The van der Waals surface area contributed by atoms with Gasteiger partial charge in [0.2, 0.25) is 0 Å². The highest BCUT2D eigenvalue weighted by Crippen LogP contribution is 2.52. The van der Waals surface area contributed by atoms with Crippen molar-refractivity contribution < 1.29 is 0 Å². The van der Waals surface area contributed by atoms with Crippen LogP contribution in [-0.4, -0.2) is 9.97 Å². The maximum atomic E-state index is 4.51. The smallest absolute Gasteiger partial charge is 0.0361 e. The molecule has 0 bridgehead atoms. The van der Waals surface area contributed by atoms with E-state index in [1.54, 1.807) is 0 Å². The van der Waals surface area contributed by atoms with Crippen molar-refractivity contribution in [2.24, 2.45) is 0 Å². The average molecular weight is 843 g/mol. The molecule has 0 aliphatic rings. The monoisotopic (exact) mass is 842 g/mol. The fourth-order valence-electron chi connectivity index (χ4n) is 10.5. The zero-order chi connectivity index (χ0) is 42.8. The molecule has 0 amide bonds. The van der Waals surface area contributed by atoms with Gasteiger partial charge in [0.05, 0.1) is 0 Å². The fourth-order valence-corrected chi connectivity index (χ4v) is 11.7. The molecule has 3 aromatic heterocycles. The zero-order valence-corrected chi connectivity index (χ0v) is 36.1. The molecule has 0 unspecified atom stereocenters. The van der Waals surface area contributed by atoms with E-state index < -0.39 is 0 Å². The van der Waals surface area contributed by atoms with Crippen molar-refractivity contribution in [1.82, 2.24) is 9.97 Å². The number of thiophene rings is 1.